The molecule has 3 aromatic rings. The molecule has 1 amide bonds. The third kappa shape index (κ3) is 4.52. The van der Waals surface area contributed by atoms with Crippen LogP contribution in [0.1, 0.15) is 38.4 Å². The number of carbonyl (C=O) groups is 1. The van der Waals surface area contributed by atoms with E-state index in [0.29, 0.717) is 17.9 Å². The van der Waals surface area contributed by atoms with Crippen molar-refractivity contribution in [2.75, 3.05) is 0 Å². The number of hydrogen-bond acceptors (Lipinski definition) is 4. The molecule has 1 aliphatic heterocycles. The van der Waals surface area contributed by atoms with Crippen molar-refractivity contribution in [3.63, 3.8) is 0 Å². The zero-order valence-corrected chi connectivity index (χ0v) is 17.4. The molecule has 148 valence electrons. The third-order valence-corrected chi connectivity index (χ3v) is 4.59. The van der Waals surface area contributed by atoms with E-state index in [-0.39, 0.29) is 30.7 Å². The zero-order valence-electron chi connectivity index (χ0n) is 15.7. The van der Waals surface area contributed by atoms with Crippen molar-refractivity contribution in [1.82, 2.24) is 25.4 Å². The lowest BCUT2D eigenvalue weighted by atomic mass is 10.1. The van der Waals surface area contributed by atoms with Crippen molar-refractivity contribution < 1.29 is 4.79 Å². The van der Waals surface area contributed by atoms with Crippen LogP contribution in [0.4, 0.5) is 0 Å². The average Bonchev–Trinajstić information content (AvgIpc) is 3.25. The highest BCUT2D eigenvalue weighted by molar-refractivity contribution is 5.93. The third-order valence-electron chi connectivity index (χ3n) is 4.59. The van der Waals surface area contributed by atoms with Crippen LogP contribution in [-0.2, 0) is 19.6 Å². The largest absolute Gasteiger partial charge is 0.348 e. The lowest BCUT2D eigenvalue weighted by Crippen LogP contribution is -2.23. The fourth-order valence-corrected chi connectivity index (χ4v) is 3.25. The molecule has 0 fully saturated rings. The topological polar surface area (TPSA) is 71.8 Å². The Labute approximate surface area is 176 Å². The summed E-state index contributed by atoms with van der Waals surface area (Å²) in [6, 6.07) is 11.9. The first kappa shape index (κ1) is 21.9. The van der Waals surface area contributed by atoms with E-state index in [1.165, 1.54) is 11.1 Å². The molecule has 4 rings (SSSR count). The van der Waals surface area contributed by atoms with E-state index in [1.807, 2.05) is 26.0 Å². The molecule has 3 heterocycles. The maximum atomic E-state index is 12.4. The van der Waals surface area contributed by atoms with E-state index in [2.05, 4.69) is 38.9 Å². The molecule has 2 aromatic heterocycles. The lowest BCUT2D eigenvalue weighted by molar-refractivity contribution is 0.0950. The van der Waals surface area contributed by atoms with Crippen LogP contribution in [0.2, 0.25) is 0 Å². The van der Waals surface area contributed by atoms with Gasteiger partial charge in [0.25, 0.3) is 5.91 Å². The molecule has 28 heavy (non-hydrogen) atoms. The van der Waals surface area contributed by atoms with Gasteiger partial charge in [-0.1, -0.05) is 18.2 Å². The Balaban J connectivity index is 0.00000140. The molecule has 0 saturated heterocycles. The number of aryl methyl sites for hydroxylation is 2. The number of carbonyl (C=O) groups excluding carboxylic acids is 1. The number of halogens is 2. The van der Waals surface area contributed by atoms with Crippen LogP contribution in [0.3, 0.4) is 0 Å². The number of nitrogens with one attached hydrogen (secondary N) is 2. The quantitative estimate of drug-likeness (QED) is 0.680. The van der Waals surface area contributed by atoms with Gasteiger partial charge >= 0.3 is 0 Å². The predicted molar refractivity (Wildman–Crippen MR) is 113 cm³/mol. The van der Waals surface area contributed by atoms with Crippen molar-refractivity contribution in [2.24, 2.45) is 0 Å². The first-order valence-corrected chi connectivity index (χ1v) is 8.69. The highest BCUT2D eigenvalue weighted by atomic mass is 35.5. The molecule has 0 aliphatic carbocycles. The fraction of sp³-hybridized carbons (Fsp3) is 0.250. The van der Waals surface area contributed by atoms with Gasteiger partial charge in [0, 0.05) is 31.5 Å². The summed E-state index contributed by atoms with van der Waals surface area (Å²) in [6.07, 6.45) is 1.59. The first-order valence-electron chi connectivity index (χ1n) is 8.69. The smallest absolute Gasteiger partial charge is 0.253 e. The Morgan fingerprint density at radius 1 is 1.11 bits per heavy atom. The number of pyridine rings is 1. The molecule has 0 bridgehead atoms. The van der Waals surface area contributed by atoms with Gasteiger partial charge in [-0.15, -0.1) is 24.8 Å². The Morgan fingerprint density at radius 3 is 2.57 bits per heavy atom. The second-order valence-electron chi connectivity index (χ2n) is 6.63. The normalized spacial score (nSPS) is 11.9. The number of benzene rings is 1. The van der Waals surface area contributed by atoms with Crippen molar-refractivity contribution in [3.05, 3.63) is 76.2 Å². The molecule has 1 aromatic carbocycles. The summed E-state index contributed by atoms with van der Waals surface area (Å²) in [5.74, 6) is 0.578. The Morgan fingerprint density at radius 2 is 1.89 bits per heavy atom. The Hall–Kier alpha value is -2.41. The van der Waals surface area contributed by atoms with Gasteiger partial charge in [-0.3, -0.25) is 4.79 Å². The molecule has 0 atom stereocenters. The van der Waals surface area contributed by atoms with Gasteiger partial charge in [0.05, 0.1) is 11.3 Å². The van der Waals surface area contributed by atoms with Gasteiger partial charge in [0.2, 0.25) is 0 Å². The van der Waals surface area contributed by atoms with Crippen LogP contribution in [0, 0.1) is 13.8 Å². The second kappa shape index (κ2) is 9.19. The summed E-state index contributed by atoms with van der Waals surface area (Å²) in [5.41, 5.74) is 6.25. The standard InChI is InChI=1S/C20H21N5O.2ClH/c1-13-7-14(2)25(24-13)19-6-5-17(12-22-19)20(26)23-9-15-3-4-16-10-21-11-18(16)8-15;;/h3-8,12,21H,9-11H2,1-2H3,(H,23,26);2*1H. The first-order chi connectivity index (χ1) is 12.6. The number of nitrogens with zero attached hydrogens (tertiary/aromatic N) is 3. The summed E-state index contributed by atoms with van der Waals surface area (Å²) >= 11 is 0. The minimum Gasteiger partial charge on any atom is -0.348 e. The highest BCUT2D eigenvalue weighted by Crippen LogP contribution is 2.17. The van der Waals surface area contributed by atoms with E-state index in [1.54, 1.807) is 16.9 Å². The van der Waals surface area contributed by atoms with E-state index in [4.69, 9.17) is 0 Å². The van der Waals surface area contributed by atoms with Crippen molar-refractivity contribution in [2.45, 2.75) is 33.5 Å². The summed E-state index contributed by atoms with van der Waals surface area (Å²) in [4.78, 5) is 16.8. The van der Waals surface area contributed by atoms with Crippen molar-refractivity contribution in [1.29, 1.82) is 0 Å². The number of hydrogen-bond donors (Lipinski definition) is 2. The van der Waals surface area contributed by atoms with E-state index in [9.17, 15) is 4.79 Å². The van der Waals surface area contributed by atoms with E-state index >= 15 is 0 Å². The maximum absolute atomic E-state index is 12.4. The molecular weight excluding hydrogens is 397 g/mol. The van der Waals surface area contributed by atoms with Gasteiger partial charge < -0.3 is 10.6 Å². The van der Waals surface area contributed by atoms with Crippen LogP contribution in [0.5, 0.6) is 0 Å². The number of fused-ring (bicyclic) bond motifs is 1. The summed E-state index contributed by atoms with van der Waals surface area (Å²) in [6.45, 7) is 6.25. The molecular formula is C20H23Cl2N5O. The highest BCUT2D eigenvalue weighted by Gasteiger charge is 2.12. The van der Waals surface area contributed by atoms with E-state index in [0.717, 1.165) is 30.0 Å². The number of amides is 1. The van der Waals surface area contributed by atoms with Gasteiger partial charge in [-0.2, -0.15) is 5.10 Å². The monoisotopic (exact) mass is 419 g/mol. The molecule has 0 spiro atoms. The molecule has 8 heteroatoms. The summed E-state index contributed by atoms with van der Waals surface area (Å²) in [7, 11) is 0. The van der Waals surface area contributed by atoms with Crippen LogP contribution in [-0.4, -0.2) is 20.7 Å². The lowest BCUT2D eigenvalue weighted by Gasteiger charge is -2.08. The van der Waals surface area contributed by atoms with Crippen LogP contribution in [0.25, 0.3) is 5.82 Å². The van der Waals surface area contributed by atoms with Crippen molar-refractivity contribution in [3.8, 4) is 5.82 Å². The van der Waals surface area contributed by atoms with Crippen LogP contribution < -0.4 is 10.6 Å². The Kier molecular flexibility index (Phi) is 7.18. The minimum absolute atomic E-state index is 0. The van der Waals surface area contributed by atoms with Crippen LogP contribution in [0.15, 0.2) is 42.6 Å². The van der Waals surface area contributed by atoms with Crippen molar-refractivity contribution >= 4 is 30.7 Å². The van der Waals surface area contributed by atoms with Gasteiger partial charge in [0.1, 0.15) is 0 Å². The maximum Gasteiger partial charge on any atom is 0.253 e. The van der Waals surface area contributed by atoms with Crippen LogP contribution >= 0.6 is 24.8 Å². The molecule has 2 N–H and O–H groups in total. The number of rotatable bonds is 4. The van der Waals surface area contributed by atoms with E-state index < -0.39 is 0 Å². The predicted octanol–water partition coefficient (Wildman–Crippen LogP) is 3.26. The average molecular weight is 420 g/mol. The van der Waals surface area contributed by atoms with Gasteiger partial charge in [-0.25, -0.2) is 9.67 Å². The Bertz CT molecular complexity index is 969. The van der Waals surface area contributed by atoms with Gasteiger partial charge in [0.15, 0.2) is 5.82 Å². The molecule has 6 nitrogen and oxygen atoms in total. The summed E-state index contributed by atoms with van der Waals surface area (Å²) < 4.78 is 1.77. The minimum atomic E-state index is -0.129. The zero-order chi connectivity index (χ0) is 18.1. The molecule has 0 radical (unpaired) electrons. The molecule has 0 saturated carbocycles. The SMILES string of the molecule is Cc1cc(C)n(-c2ccc(C(=O)NCc3ccc4c(c3)CNC4)cn2)n1.Cl.Cl. The fourth-order valence-electron chi connectivity index (χ4n) is 3.25. The molecule has 0 unspecified atom stereocenters. The summed E-state index contributed by atoms with van der Waals surface area (Å²) in [5, 5.41) is 10.7. The number of aromatic nitrogens is 3. The molecule has 1 aliphatic rings. The second-order valence-corrected chi connectivity index (χ2v) is 6.63. The van der Waals surface area contributed by atoms with Gasteiger partial charge in [-0.05, 0) is 48.7 Å².